The number of carbonyl (C=O) groups is 1. The third-order valence-corrected chi connectivity index (χ3v) is 4.59. The predicted molar refractivity (Wildman–Crippen MR) is 104 cm³/mol. The van der Waals surface area contributed by atoms with Crippen LogP contribution in [0.15, 0.2) is 42.5 Å². The zero-order valence-corrected chi connectivity index (χ0v) is 16.4. The van der Waals surface area contributed by atoms with Crippen molar-refractivity contribution in [2.24, 2.45) is 5.92 Å². The van der Waals surface area contributed by atoms with Crippen LogP contribution in [-0.4, -0.2) is 25.2 Å². The minimum Gasteiger partial charge on any atom is -0.490 e. The highest BCUT2D eigenvalue weighted by molar-refractivity contribution is 5.81. The molecule has 150 valence electrons. The Kier molecular flexibility index (Phi) is 6.39. The van der Waals surface area contributed by atoms with E-state index in [0.29, 0.717) is 24.7 Å². The van der Waals surface area contributed by atoms with Crippen LogP contribution in [0.1, 0.15) is 38.8 Å². The van der Waals surface area contributed by atoms with Crippen LogP contribution >= 0.6 is 0 Å². The summed E-state index contributed by atoms with van der Waals surface area (Å²) in [6, 6.07) is 11.2. The summed E-state index contributed by atoms with van der Waals surface area (Å²) >= 11 is 0. The normalized spacial score (nSPS) is 15.5. The molecule has 0 unspecified atom stereocenters. The van der Waals surface area contributed by atoms with Crippen LogP contribution in [-0.2, 0) is 4.79 Å². The first-order chi connectivity index (χ1) is 13.4. The summed E-state index contributed by atoms with van der Waals surface area (Å²) in [4.78, 5) is 12.7. The van der Waals surface area contributed by atoms with E-state index in [1.807, 2.05) is 32.0 Å². The first-order valence-electron chi connectivity index (χ1n) is 9.56. The minimum absolute atomic E-state index is 0.159. The number of halogens is 1. The Morgan fingerprint density at radius 1 is 1.04 bits per heavy atom. The molecular formula is C22H26FNO4. The lowest BCUT2D eigenvalue weighted by Gasteiger charge is -2.25. The molecule has 0 fully saturated rings. The van der Waals surface area contributed by atoms with Gasteiger partial charge in [0, 0.05) is 6.42 Å². The average molecular weight is 387 g/mol. The van der Waals surface area contributed by atoms with Gasteiger partial charge < -0.3 is 19.5 Å². The fourth-order valence-corrected chi connectivity index (χ4v) is 3.05. The third kappa shape index (κ3) is 4.94. The fourth-order valence-electron chi connectivity index (χ4n) is 3.05. The summed E-state index contributed by atoms with van der Waals surface area (Å²) in [5.41, 5.74) is 0.946. The molecule has 3 rings (SSSR count). The number of carbonyl (C=O) groups excluding carboxylic acids is 1. The van der Waals surface area contributed by atoms with Gasteiger partial charge in [-0.3, -0.25) is 4.79 Å². The number of hydrogen-bond acceptors (Lipinski definition) is 4. The van der Waals surface area contributed by atoms with E-state index in [-0.39, 0.29) is 23.7 Å². The highest BCUT2D eigenvalue weighted by Crippen LogP contribution is 2.34. The van der Waals surface area contributed by atoms with Crippen molar-refractivity contribution < 1.29 is 23.4 Å². The molecule has 1 aliphatic heterocycles. The van der Waals surface area contributed by atoms with Gasteiger partial charge in [0.25, 0.3) is 5.91 Å². The van der Waals surface area contributed by atoms with Gasteiger partial charge in [-0.1, -0.05) is 19.9 Å². The van der Waals surface area contributed by atoms with E-state index in [1.54, 1.807) is 6.92 Å². The Morgan fingerprint density at radius 3 is 2.39 bits per heavy atom. The molecular weight excluding hydrogens is 361 g/mol. The number of ether oxygens (including phenoxy) is 3. The molecule has 1 heterocycles. The number of hydrogen-bond donors (Lipinski definition) is 1. The third-order valence-electron chi connectivity index (χ3n) is 4.59. The average Bonchev–Trinajstić information content (AvgIpc) is 2.92. The number of amides is 1. The van der Waals surface area contributed by atoms with E-state index in [4.69, 9.17) is 14.2 Å². The summed E-state index contributed by atoms with van der Waals surface area (Å²) in [5, 5.41) is 3.05. The first-order valence-corrected chi connectivity index (χ1v) is 9.56. The van der Waals surface area contributed by atoms with Crippen LogP contribution in [0.3, 0.4) is 0 Å². The van der Waals surface area contributed by atoms with Crippen molar-refractivity contribution in [1.82, 2.24) is 5.32 Å². The number of rotatable bonds is 6. The SMILES string of the molecule is CC(C)[C@H](NC(=O)[C@H](C)Oc1ccc(F)cc1)c1ccc2c(c1)OCCCO2. The number of benzene rings is 2. The molecule has 0 radical (unpaired) electrons. The van der Waals surface area contributed by atoms with Gasteiger partial charge in [-0.05, 0) is 54.8 Å². The van der Waals surface area contributed by atoms with Crippen molar-refractivity contribution in [2.75, 3.05) is 13.2 Å². The lowest BCUT2D eigenvalue weighted by molar-refractivity contribution is -0.128. The van der Waals surface area contributed by atoms with Crippen molar-refractivity contribution in [3.05, 3.63) is 53.8 Å². The molecule has 0 spiro atoms. The zero-order valence-electron chi connectivity index (χ0n) is 16.4. The molecule has 6 heteroatoms. The molecule has 1 N–H and O–H groups in total. The Hall–Kier alpha value is -2.76. The molecule has 28 heavy (non-hydrogen) atoms. The second-order valence-electron chi connectivity index (χ2n) is 7.20. The van der Waals surface area contributed by atoms with Crippen molar-refractivity contribution in [1.29, 1.82) is 0 Å². The highest BCUT2D eigenvalue weighted by atomic mass is 19.1. The molecule has 0 saturated carbocycles. The maximum Gasteiger partial charge on any atom is 0.261 e. The van der Waals surface area contributed by atoms with Crippen LogP contribution in [0, 0.1) is 11.7 Å². The maximum atomic E-state index is 13.0. The smallest absolute Gasteiger partial charge is 0.261 e. The van der Waals surface area contributed by atoms with Gasteiger partial charge in [0.1, 0.15) is 11.6 Å². The van der Waals surface area contributed by atoms with Gasteiger partial charge in [0.15, 0.2) is 17.6 Å². The van der Waals surface area contributed by atoms with Crippen molar-refractivity contribution in [2.45, 2.75) is 39.3 Å². The lowest BCUT2D eigenvalue weighted by Crippen LogP contribution is -2.40. The van der Waals surface area contributed by atoms with Gasteiger partial charge in [0.05, 0.1) is 19.3 Å². The molecule has 0 bridgehead atoms. The molecule has 1 amide bonds. The van der Waals surface area contributed by atoms with E-state index in [9.17, 15) is 9.18 Å². The van der Waals surface area contributed by atoms with E-state index in [0.717, 1.165) is 17.7 Å². The summed E-state index contributed by atoms with van der Waals surface area (Å²) in [5.74, 6) is 1.44. The molecule has 0 aromatic heterocycles. The van der Waals surface area contributed by atoms with Crippen LogP contribution < -0.4 is 19.5 Å². The van der Waals surface area contributed by atoms with Crippen molar-refractivity contribution >= 4 is 5.91 Å². The van der Waals surface area contributed by atoms with Crippen LogP contribution in [0.25, 0.3) is 0 Å². The number of nitrogens with one attached hydrogen (secondary N) is 1. The van der Waals surface area contributed by atoms with Crippen molar-refractivity contribution in [3.63, 3.8) is 0 Å². The van der Waals surface area contributed by atoms with E-state index >= 15 is 0 Å². The Balaban J connectivity index is 1.71. The quantitative estimate of drug-likeness (QED) is 0.804. The first kappa shape index (κ1) is 20.0. The molecule has 2 aromatic carbocycles. The van der Waals surface area contributed by atoms with E-state index in [1.165, 1.54) is 24.3 Å². The Labute approximate surface area is 164 Å². The summed E-state index contributed by atoms with van der Waals surface area (Å²) in [7, 11) is 0. The Bertz CT molecular complexity index is 807. The van der Waals surface area contributed by atoms with Gasteiger partial charge in [-0.2, -0.15) is 0 Å². The van der Waals surface area contributed by atoms with Gasteiger partial charge >= 0.3 is 0 Å². The second kappa shape index (κ2) is 8.95. The molecule has 0 aliphatic carbocycles. The monoisotopic (exact) mass is 387 g/mol. The lowest BCUT2D eigenvalue weighted by atomic mass is 9.95. The number of fused-ring (bicyclic) bond motifs is 1. The molecule has 2 aromatic rings. The highest BCUT2D eigenvalue weighted by Gasteiger charge is 2.24. The predicted octanol–water partition coefficient (Wildman–Crippen LogP) is 4.27. The zero-order chi connectivity index (χ0) is 20.1. The molecule has 5 nitrogen and oxygen atoms in total. The van der Waals surface area contributed by atoms with E-state index < -0.39 is 6.10 Å². The minimum atomic E-state index is -0.716. The fraction of sp³-hybridized carbons (Fsp3) is 0.409. The molecule has 0 saturated heterocycles. The summed E-state index contributed by atoms with van der Waals surface area (Å²) in [6.07, 6.45) is 0.124. The molecule has 2 atom stereocenters. The van der Waals surface area contributed by atoms with Crippen molar-refractivity contribution in [3.8, 4) is 17.2 Å². The largest absolute Gasteiger partial charge is 0.490 e. The topological polar surface area (TPSA) is 56.8 Å². The standard InChI is InChI=1S/C22H26FNO4/c1-14(2)21(16-5-10-19-20(13-16)27-12-4-11-26-19)24-22(25)15(3)28-18-8-6-17(23)7-9-18/h5-10,13-15,21H,4,11-12H2,1-3H3,(H,24,25)/t15-,21-/m0/s1. The van der Waals surface area contributed by atoms with Gasteiger partial charge in [-0.25, -0.2) is 4.39 Å². The van der Waals surface area contributed by atoms with E-state index in [2.05, 4.69) is 5.32 Å². The van der Waals surface area contributed by atoms with Crippen LogP contribution in [0.4, 0.5) is 4.39 Å². The van der Waals surface area contributed by atoms with Gasteiger partial charge in [0.2, 0.25) is 0 Å². The Morgan fingerprint density at radius 2 is 1.71 bits per heavy atom. The summed E-state index contributed by atoms with van der Waals surface area (Å²) in [6.45, 7) is 7.00. The maximum absolute atomic E-state index is 13.0. The van der Waals surface area contributed by atoms with Crippen LogP contribution in [0.5, 0.6) is 17.2 Å². The second-order valence-corrected chi connectivity index (χ2v) is 7.20. The van der Waals surface area contributed by atoms with Crippen LogP contribution in [0.2, 0.25) is 0 Å². The van der Waals surface area contributed by atoms with Gasteiger partial charge in [-0.15, -0.1) is 0 Å². The summed E-state index contributed by atoms with van der Waals surface area (Å²) < 4.78 is 30.1. The molecule has 1 aliphatic rings.